The molecule has 1 aliphatic carbocycles. The summed E-state index contributed by atoms with van der Waals surface area (Å²) in [4.78, 5) is 25.7. The predicted molar refractivity (Wildman–Crippen MR) is 81.1 cm³/mol. The van der Waals surface area contributed by atoms with Crippen LogP contribution in [0.4, 0.5) is 9.59 Å². The average molecular weight is 299 g/mol. The fraction of sp³-hybridized carbons (Fsp3) is 0.875. The molecule has 0 unspecified atom stereocenters. The lowest BCUT2D eigenvalue weighted by Crippen LogP contribution is -2.46. The Labute approximate surface area is 128 Å². The molecule has 1 rings (SSSR count). The molecule has 0 aromatic carbocycles. The number of amides is 2. The molecule has 0 spiro atoms. The predicted octanol–water partition coefficient (Wildman–Crippen LogP) is 4.21. The molecule has 1 fully saturated rings. The van der Waals surface area contributed by atoms with Crippen LogP contribution in [-0.4, -0.2) is 36.3 Å². The summed E-state index contributed by atoms with van der Waals surface area (Å²) in [7, 11) is 0. The number of carbonyl (C=O) groups is 2. The molecule has 5 heteroatoms. The van der Waals surface area contributed by atoms with Gasteiger partial charge in [-0.05, 0) is 24.7 Å². The summed E-state index contributed by atoms with van der Waals surface area (Å²) in [6.45, 7) is 8.51. The third-order valence-electron chi connectivity index (χ3n) is 3.41. The van der Waals surface area contributed by atoms with E-state index in [1.165, 1.54) is 4.90 Å². The largest absolute Gasteiger partial charge is 0.449 e. The van der Waals surface area contributed by atoms with E-state index in [1.54, 1.807) is 0 Å². The van der Waals surface area contributed by atoms with Crippen LogP contribution in [-0.2, 0) is 9.47 Å². The van der Waals surface area contributed by atoms with Crippen LogP contribution in [0.2, 0.25) is 0 Å². The Morgan fingerprint density at radius 3 is 1.71 bits per heavy atom. The highest BCUT2D eigenvalue weighted by Crippen LogP contribution is 2.24. The van der Waals surface area contributed by atoms with Gasteiger partial charge in [0.25, 0.3) is 0 Å². The highest BCUT2D eigenvalue weighted by atomic mass is 16.6. The summed E-state index contributed by atoms with van der Waals surface area (Å²) in [6.07, 6.45) is 3.79. The van der Waals surface area contributed by atoms with Crippen molar-refractivity contribution in [2.75, 3.05) is 13.2 Å². The smallest absolute Gasteiger partial charge is 0.419 e. The number of imide groups is 1. The maximum absolute atomic E-state index is 12.2. The minimum Gasteiger partial charge on any atom is -0.449 e. The van der Waals surface area contributed by atoms with Crippen molar-refractivity contribution in [2.24, 2.45) is 11.8 Å². The highest BCUT2D eigenvalue weighted by Gasteiger charge is 2.33. The van der Waals surface area contributed by atoms with Crippen molar-refractivity contribution in [3.8, 4) is 0 Å². The summed E-state index contributed by atoms with van der Waals surface area (Å²) in [5.74, 6) is 0.489. The van der Waals surface area contributed by atoms with E-state index >= 15 is 0 Å². The molecule has 5 nitrogen and oxygen atoms in total. The second-order valence-corrected chi connectivity index (χ2v) is 6.60. The normalized spacial score (nSPS) is 16.1. The minimum atomic E-state index is -0.565. The van der Waals surface area contributed by atoms with Gasteiger partial charge in [-0.25, -0.2) is 14.5 Å². The molecule has 0 aliphatic heterocycles. The zero-order valence-corrected chi connectivity index (χ0v) is 13.8. The number of nitrogens with zero attached hydrogens (tertiary/aromatic N) is 1. The van der Waals surface area contributed by atoms with E-state index in [0.29, 0.717) is 13.2 Å². The van der Waals surface area contributed by atoms with Gasteiger partial charge in [0.05, 0.1) is 13.2 Å². The minimum absolute atomic E-state index is 0.0851. The van der Waals surface area contributed by atoms with Gasteiger partial charge < -0.3 is 9.47 Å². The number of hydrogen-bond acceptors (Lipinski definition) is 4. The van der Waals surface area contributed by atoms with Gasteiger partial charge in [-0.1, -0.05) is 47.0 Å². The first-order valence-corrected chi connectivity index (χ1v) is 8.04. The van der Waals surface area contributed by atoms with Crippen LogP contribution in [0.15, 0.2) is 0 Å². The second kappa shape index (κ2) is 8.90. The molecule has 122 valence electrons. The maximum atomic E-state index is 12.2. The van der Waals surface area contributed by atoms with Gasteiger partial charge in [0.1, 0.15) is 0 Å². The Hall–Kier alpha value is -1.26. The van der Waals surface area contributed by atoms with Gasteiger partial charge in [0, 0.05) is 6.04 Å². The van der Waals surface area contributed by atoms with Crippen molar-refractivity contribution in [2.45, 2.75) is 65.8 Å². The molecule has 2 amide bonds. The lowest BCUT2D eigenvalue weighted by molar-refractivity contribution is 0.0474. The van der Waals surface area contributed by atoms with E-state index < -0.39 is 12.2 Å². The summed E-state index contributed by atoms with van der Waals surface area (Å²) in [5.41, 5.74) is 0. The van der Waals surface area contributed by atoms with Crippen molar-refractivity contribution in [1.29, 1.82) is 0 Å². The molecule has 0 aromatic heterocycles. The SMILES string of the molecule is CC(C)COC(=O)N(C(=O)OCC(C)C)C1CCCCC1. The monoisotopic (exact) mass is 299 g/mol. The first kappa shape index (κ1) is 17.8. The Balaban J connectivity index is 2.68. The molecular formula is C16H29NO4. The zero-order chi connectivity index (χ0) is 15.8. The van der Waals surface area contributed by atoms with Crippen molar-refractivity contribution in [3.05, 3.63) is 0 Å². The third-order valence-corrected chi connectivity index (χ3v) is 3.41. The Morgan fingerprint density at radius 2 is 1.33 bits per heavy atom. The summed E-state index contributed by atoms with van der Waals surface area (Å²) >= 11 is 0. The Morgan fingerprint density at radius 1 is 0.905 bits per heavy atom. The van der Waals surface area contributed by atoms with Crippen LogP contribution in [0.25, 0.3) is 0 Å². The number of rotatable bonds is 5. The van der Waals surface area contributed by atoms with Crippen LogP contribution in [0.3, 0.4) is 0 Å². The molecule has 0 atom stereocenters. The summed E-state index contributed by atoms with van der Waals surface area (Å²) in [5, 5.41) is 0. The molecule has 0 bridgehead atoms. The first-order chi connectivity index (χ1) is 9.91. The lowest BCUT2D eigenvalue weighted by atomic mass is 9.95. The van der Waals surface area contributed by atoms with E-state index in [-0.39, 0.29) is 17.9 Å². The van der Waals surface area contributed by atoms with E-state index in [4.69, 9.17) is 9.47 Å². The molecule has 21 heavy (non-hydrogen) atoms. The van der Waals surface area contributed by atoms with Crippen LogP contribution < -0.4 is 0 Å². The Bertz CT molecular complexity index is 311. The zero-order valence-electron chi connectivity index (χ0n) is 13.8. The van der Waals surface area contributed by atoms with Gasteiger partial charge in [0.2, 0.25) is 0 Å². The number of hydrogen-bond donors (Lipinski definition) is 0. The third kappa shape index (κ3) is 6.36. The highest BCUT2D eigenvalue weighted by molar-refractivity contribution is 5.88. The second-order valence-electron chi connectivity index (χ2n) is 6.60. The molecule has 0 radical (unpaired) electrons. The van der Waals surface area contributed by atoms with Gasteiger partial charge in [0.15, 0.2) is 0 Å². The van der Waals surface area contributed by atoms with E-state index in [1.807, 2.05) is 27.7 Å². The quantitative estimate of drug-likeness (QED) is 0.763. The standard InChI is InChI=1S/C16H29NO4/c1-12(2)10-20-15(18)17(14-8-6-5-7-9-14)16(19)21-11-13(3)4/h12-14H,5-11H2,1-4H3. The van der Waals surface area contributed by atoms with Gasteiger partial charge in [-0.15, -0.1) is 0 Å². The van der Waals surface area contributed by atoms with Gasteiger partial charge in [-0.3, -0.25) is 0 Å². The van der Waals surface area contributed by atoms with Crippen LogP contribution in [0.5, 0.6) is 0 Å². The van der Waals surface area contributed by atoms with Crippen LogP contribution in [0, 0.1) is 11.8 Å². The fourth-order valence-corrected chi connectivity index (χ4v) is 2.33. The molecule has 0 aromatic rings. The summed E-state index contributed by atoms with van der Waals surface area (Å²) < 4.78 is 10.5. The summed E-state index contributed by atoms with van der Waals surface area (Å²) in [6, 6.07) is -0.0851. The van der Waals surface area contributed by atoms with Gasteiger partial charge >= 0.3 is 12.2 Å². The lowest BCUT2D eigenvalue weighted by Gasteiger charge is -2.31. The molecule has 1 saturated carbocycles. The van der Waals surface area contributed by atoms with E-state index in [0.717, 1.165) is 32.1 Å². The maximum Gasteiger partial charge on any atom is 0.419 e. The van der Waals surface area contributed by atoms with Gasteiger partial charge in [-0.2, -0.15) is 0 Å². The van der Waals surface area contributed by atoms with Crippen molar-refractivity contribution < 1.29 is 19.1 Å². The Kier molecular flexibility index (Phi) is 7.54. The van der Waals surface area contributed by atoms with Crippen LogP contribution >= 0.6 is 0 Å². The molecule has 1 aliphatic rings. The number of ether oxygens (including phenoxy) is 2. The van der Waals surface area contributed by atoms with Crippen LogP contribution in [0.1, 0.15) is 59.8 Å². The van der Waals surface area contributed by atoms with E-state index in [9.17, 15) is 9.59 Å². The molecule has 0 N–H and O–H groups in total. The first-order valence-electron chi connectivity index (χ1n) is 8.04. The van der Waals surface area contributed by atoms with Crippen molar-refractivity contribution in [1.82, 2.24) is 4.90 Å². The molecule has 0 heterocycles. The van der Waals surface area contributed by atoms with E-state index in [2.05, 4.69) is 0 Å². The average Bonchev–Trinajstić information content (AvgIpc) is 2.44. The van der Waals surface area contributed by atoms with Crippen molar-refractivity contribution >= 4 is 12.2 Å². The molecular weight excluding hydrogens is 270 g/mol. The van der Waals surface area contributed by atoms with Crippen molar-refractivity contribution in [3.63, 3.8) is 0 Å². The molecule has 0 saturated heterocycles. The fourth-order valence-electron chi connectivity index (χ4n) is 2.33. The number of carbonyl (C=O) groups excluding carboxylic acids is 2. The topological polar surface area (TPSA) is 55.8 Å².